The summed E-state index contributed by atoms with van der Waals surface area (Å²) in [6, 6.07) is 6.48. The van der Waals surface area contributed by atoms with Crippen LogP contribution >= 0.6 is 0 Å². The quantitative estimate of drug-likeness (QED) is 0.804. The summed E-state index contributed by atoms with van der Waals surface area (Å²) in [4.78, 5) is 28.1. The summed E-state index contributed by atoms with van der Waals surface area (Å²) in [6.45, 7) is 6.05. The summed E-state index contributed by atoms with van der Waals surface area (Å²) in [7, 11) is 0. The molecule has 1 unspecified atom stereocenters. The molecule has 5 nitrogen and oxygen atoms in total. The summed E-state index contributed by atoms with van der Waals surface area (Å²) >= 11 is 0. The first-order valence-electron chi connectivity index (χ1n) is 9.41. The van der Waals surface area contributed by atoms with Crippen LogP contribution in [-0.2, 0) is 16.1 Å². The molecule has 26 heavy (non-hydrogen) atoms. The van der Waals surface area contributed by atoms with Crippen molar-refractivity contribution in [3.8, 4) is 0 Å². The minimum absolute atomic E-state index is 0.182. The Morgan fingerprint density at radius 1 is 1.31 bits per heavy atom. The van der Waals surface area contributed by atoms with E-state index in [9.17, 15) is 14.0 Å². The molecule has 2 saturated heterocycles. The van der Waals surface area contributed by atoms with Crippen molar-refractivity contribution >= 4 is 12.0 Å². The first kappa shape index (κ1) is 18.7. The van der Waals surface area contributed by atoms with Crippen molar-refractivity contribution in [2.45, 2.75) is 51.7 Å². The predicted octanol–water partition coefficient (Wildman–Crippen LogP) is 3.58. The summed E-state index contributed by atoms with van der Waals surface area (Å²) < 4.78 is 19.5. The molecule has 1 spiro atoms. The highest BCUT2D eigenvalue weighted by atomic mass is 19.1. The van der Waals surface area contributed by atoms with Gasteiger partial charge < -0.3 is 9.64 Å². The second-order valence-electron chi connectivity index (χ2n) is 7.60. The van der Waals surface area contributed by atoms with Crippen LogP contribution in [0.5, 0.6) is 0 Å². The van der Waals surface area contributed by atoms with Crippen molar-refractivity contribution in [1.29, 1.82) is 0 Å². The molecular formula is C20H27FN2O3. The number of halogens is 1. The van der Waals surface area contributed by atoms with Gasteiger partial charge in [0, 0.05) is 37.9 Å². The number of nitrogens with zero attached hydrogens (tertiary/aromatic N) is 2. The number of piperidine rings is 1. The molecule has 0 N–H and O–H groups in total. The van der Waals surface area contributed by atoms with Gasteiger partial charge >= 0.3 is 6.09 Å². The Bertz CT molecular complexity index is 671. The Morgan fingerprint density at radius 2 is 2.00 bits per heavy atom. The smallest absolute Gasteiger partial charge is 0.410 e. The minimum atomic E-state index is -0.546. The van der Waals surface area contributed by atoms with Crippen molar-refractivity contribution in [2.75, 3.05) is 19.6 Å². The number of rotatable bonds is 5. The van der Waals surface area contributed by atoms with Crippen LogP contribution in [0.2, 0.25) is 0 Å². The van der Waals surface area contributed by atoms with Crippen molar-refractivity contribution in [2.24, 2.45) is 5.92 Å². The molecule has 2 heterocycles. The Hall–Kier alpha value is -2.11. The van der Waals surface area contributed by atoms with E-state index in [1.807, 2.05) is 4.90 Å². The average molecular weight is 362 g/mol. The Kier molecular flexibility index (Phi) is 5.49. The van der Waals surface area contributed by atoms with Crippen molar-refractivity contribution in [3.05, 3.63) is 35.6 Å². The normalized spacial score (nSPS) is 20.3. The van der Waals surface area contributed by atoms with Crippen LogP contribution < -0.4 is 0 Å². The van der Waals surface area contributed by atoms with Gasteiger partial charge in [-0.15, -0.1) is 0 Å². The third-order valence-corrected chi connectivity index (χ3v) is 5.61. The molecule has 0 aliphatic carbocycles. The van der Waals surface area contributed by atoms with Crippen LogP contribution in [0.1, 0.15) is 45.1 Å². The minimum Gasteiger partial charge on any atom is -0.441 e. The number of ether oxygens (including phenoxy) is 1. The zero-order valence-electron chi connectivity index (χ0n) is 15.5. The van der Waals surface area contributed by atoms with E-state index in [-0.39, 0.29) is 18.3 Å². The van der Waals surface area contributed by atoms with Crippen LogP contribution in [0.3, 0.4) is 0 Å². The van der Waals surface area contributed by atoms with E-state index in [1.54, 1.807) is 23.1 Å². The van der Waals surface area contributed by atoms with E-state index >= 15 is 0 Å². The van der Waals surface area contributed by atoms with Gasteiger partial charge in [0.2, 0.25) is 5.91 Å². The first-order valence-corrected chi connectivity index (χ1v) is 9.41. The highest BCUT2D eigenvalue weighted by Crippen LogP contribution is 2.34. The van der Waals surface area contributed by atoms with Crippen molar-refractivity contribution in [3.63, 3.8) is 0 Å². The van der Waals surface area contributed by atoms with Gasteiger partial charge in [0.05, 0.1) is 13.1 Å². The lowest BCUT2D eigenvalue weighted by molar-refractivity contribution is -0.135. The molecule has 0 bridgehead atoms. The van der Waals surface area contributed by atoms with Crippen molar-refractivity contribution < 1.29 is 18.7 Å². The van der Waals surface area contributed by atoms with Crippen LogP contribution in [0.15, 0.2) is 24.3 Å². The molecule has 2 aliphatic heterocycles. The molecular weight excluding hydrogens is 335 g/mol. The third-order valence-electron chi connectivity index (χ3n) is 5.61. The van der Waals surface area contributed by atoms with Crippen LogP contribution in [0, 0.1) is 11.7 Å². The molecule has 1 atom stereocenters. The van der Waals surface area contributed by atoms with Crippen LogP contribution in [-0.4, -0.2) is 47.0 Å². The van der Waals surface area contributed by atoms with E-state index in [1.165, 1.54) is 6.07 Å². The standard InChI is InChI=1S/C20H27FN2O3/c1-3-15(2)12-18(24)22-10-8-20(9-11-22)14-23(19(25)26-20)13-16-6-4-5-7-17(16)21/h4-7,15H,3,8-14H2,1-2H3. The second kappa shape index (κ2) is 7.64. The Labute approximate surface area is 154 Å². The summed E-state index contributed by atoms with van der Waals surface area (Å²) in [5.41, 5.74) is -0.0576. The average Bonchev–Trinajstić information content (AvgIpc) is 2.92. The molecule has 6 heteroatoms. The molecule has 1 aromatic rings. The first-order chi connectivity index (χ1) is 12.4. The fourth-order valence-corrected chi connectivity index (χ4v) is 3.64. The molecule has 142 valence electrons. The molecule has 0 radical (unpaired) electrons. The zero-order valence-corrected chi connectivity index (χ0v) is 15.5. The maximum atomic E-state index is 13.9. The van der Waals surface area contributed by atoms with Gasteiger partial charge in [0.1, 0.15) is 11.4 Å². The Balaban J connectivity index is 1.57. The lowest BCUT2D eigenvalue weighted by Gasteiger charge is -2.37. The number of benzene rings is 1. The molecule has 2 aliphatic rings. The van der Waals surface area contributed by atoms with Gasteiger partial charge in [0.15, 0.2) is 0 Å². The van der Waals surface area contributed by atoms with E-state index in [0.717, 1.165) is 6.42 Å². The molecule has 0 aromatic heterocycles. The molecule has 3 rings (SSSR count). The van der Waals surface area contributed by atoms with E-state index in [2.05, 4.69) is 13.8 Å². The third kappa shape index (κ3) is 4.00. The maximum absolute atomic E-state index is 13.9. The number of hydrogen-bond donors (Lipinski definition) is 0. The lowest BCUT2D eigenvalue weighted by atomic mass is 9.90. The monoisotopic (exact) mass is 362 g/mol. The summed E-state index contributed by atoms with van der Waals surface area (Å²) in [5, 5.41) is 0. The predicted molar refractivity (Wildman–Crippen MR) is 95.9 cm³/mol. The largest absolute Gasteiger partial charge is 0.441 e. The lowest BCUT2D eigenvalue weighted by Crippen LogP contribution is -2.48. The highest BCUT2D eigenvalue weighted by Gasteiger charge is 2.47. The second-order valence-corrected chi connectivity index (χ2v) is 7.60. The van der Waals surface area contributed by atoms with Crippen LogP contribution in [0.4, 0.5) is 9.18 Å². The highest BCUT2D eigenvalue weighted by molar-refractivity contribution is 5.76. The number of carbonyl (C=O) groups excluding carboxylic acids is 2. The van der Waals surface area contributed by atoms with Gasteiger partial charge in [-0.3, -0.25) is 9.69 Å². The number of hydrogen-bond acceptors (Lipinski definition) is 3. The number of carbonyl (C=O) groups is 2. The van der Waals surface area contributed by atoms with E-state index in [0.29, 0.717) is 50.4 Å². The Morgan fingerprint density at radius 3 is 2.65 bits per heavy atom. The fourth-order valence-electron chi connectivity index (χ4n) is 3.64. The molecule has 2 amide bonds. The maximum Gasteiger partial charge on any atom is 0.410 e. The molecule has 0 saturated carbocycles. The fraction of sp³-hybridized carbons (Fsp3) is 0.600. The van der Waals surface area contributed by atoms with Gasteiger partial charge in [0.25, 0.3) is 0 Å². The van der Waals surface area contributed by atoms with Crippen molar-refractivity contribution in [1.82, 2.24) is 9.80 Å². The molecule has 1 aromatic carbocycles. The van der Waals surface area contributed by atoms with Crippen LogP contribution in [0.25, 0.3) is 0 Å². The van der Waals surface area contributed by atoms with Gasteiger partial charge in [-0.25, -0.2) is 9.18 Å². The number of likely N-dealkylation sites (tertiary alicyclic amines) is 1. The zero-order chi connectivity index (χ0) is 18.7. The van der Waals surface area contributed by atoms with E-state index in [4.69, 9.17) is 4.74 Å². The van der Waals surface area contributed by atoms with Gasteiger partial charge in [-0.1, -0.05) is 38.5 Å². The topological polar surface area (TPSA) is 49.9 Å². The summed E-state index contributed by atoms with van der Waals surface area (Å²) in [5.74, 6) is 0.257. The van der Waals surface area contributed by atoms with E-state index < -0.39 is 11.7 Å². The molecule has 2 fully saturated rings. The van der Waals surface area contributed by atoms with Gasteiger partial charge in [-0.05, 0) is 12.0 Å². The van der Waals surface area contributed by atoms with Gasteiger partial charge in [-0.2, -0.15) is 0 Å². The summed E-state index contributed by atoms with van der Waals surface area (Å²) in [6.07, 6.45) is 2.44. The SMILES string of the molecule is CCC(C)CC(=O)N1CCC2(CC1)CN(Cc1ccccc1F)C(=O)O2. The number of amides is 2.